The van der Waals surface area contributed by atoms with Crippen LogP contribution in [0.4, 0.5) is 0 Å². The molecule has 0 radical (unpaired) electrons. The SMILES string of the molecule is NC1COCC1C(=O)OC1CCCCC1. The summed E-state index contributed by atoms with van der Waals surface area (Å²) in [6.07, 6.45) is 5.75. The standard InChI is InChI=1S/C11H19NO3/c12-10-7-14-6-9(10)11(13)15-8-4-2-1-3-5-8/h8-10H,1-7,12H2. The van der Waals surface area contributed by atoms with Gasteiger partial charge in [0.25, 0.3) is 0 Å². The largest absolute Gasteiger partial charge is 0.462 e. The van der Waals surface area contributed by atoms with Crippen molar-refractivity contribution in [2.45, 2.75) is 44.2 Å². The predicted molar refractivity (Wildman–Crippen MR) is 55.2 cm³/mol. The van der Waals surface area contributed by atoms with Crippen LogP contribution in [-0.4, -0.2) is 31.3 Å². The van der Waals surface area contributed by atoms with Crippen LogP contribution in [0.3, 0.4) is 0 Å². The number of carbonyl (C=O) groups excluding carboxylic acids is 1. The topological polar surface area (TPSA) is 61.5 Å². The van der Waals surface area contributed by atoms with E-state index in [1.54, 1.807) is 0 Å². The van der Waals surface area contributed by atoms with E-state index in [1.807, 2.05) is 0 Å². The Labute approximate surface area is 90.1 Å². The lowest BCUT2D eigenvalue weighted by Gasteiger charge is -2.23. The van der Waals surface area contributed by atoms with Gasteiger partial charge in [-0.25, -0.2) is 0 Å². The third-order valence-electron chi connectivity index (χ3n) is 3.26. The molecule has 4 nitrogen and oxygen atoms in total. The summed E-state index contributed by atoms with van der Waals surface area (Å²) in [7, 11) is 0. The van der Waals surface area contributed by atoms with Crippen LogP contribution in [0.1, 0.15) is 32.1 Å². The van der Waals surface area contributed by atoms with Gasteiger partial charge in [0, 0.05) is 6.04 Å². The maximum atomic E-state index is 11.7. The number of carbonyl (C=O) groups is 1. The molecule has 15 heavy (non-hydrogen) atoms. The maximum Gasteiger partial charge on any atom is 0.313 e. The van der Waals surface area contributed by atoms with Crippen LogP contribution in [-0.2, 0) is 14.3 Å². The smallest absolute Gasteiger partial charge is 0.313 e. The van der Waals surface area contributed by atoms with Gasteiger partial charge in [0.2, 0.25) is 0 Å². The minimum absolute atomic E-state index is 0.124. The average Bonchev–Trinajstić information content (AvgIpc) is 2.66. The van der Waals surface area contributed by atoms with Gasteiger partial charge >= 0.3 is 5.97 Å². The minimum atomic E-state index is -0.244. The molecule has 1 aliphatic heterocycles. The van der Waals surface area contributed by atoms with Crippen molar-refractivity contribution in [3.05, 3.63) is 0 Å². The molecule has 1 saturated heterocycles. The predicted octanol–water partition coefficient (Wildman–Crippen LogP) is 0.836. The second-order valence-corrected chi connectivity index (χ2v) is 4.50. The molecule has 2 N–H and O–H groups in total. The second kappa shape index (κ2) is 4.94. The first kappa shape index (κ1) is 10.9. The lowest BCUT2D eigenvalue weighted by Crippen LogP contribution is -2.37. The van der Waals surface area contributed by atoms with E-state index in [1.165, 1.54) is 19.3 Å². The van der Waals surface area contributed by atoms with Crippen molar-refractivity contribution in [2.24, 2.45) is 11.7 Å². The van der Waals surface area contributed by atoms with Crippen LogP contribution in [0.5, 0.6) is 0 Å². The Morgan fingerprint density at radius 1 is 1.20 bits per heavy atom. The van der Waals surface area contributed by atoms with Crippen molar-refractivity contribution in [3.8, 4) is 0 Å². The summed E-state index contributed by atoms with van der Waals surface area (Å²) in [6, 6.07) is -0.180. The van der Waals surface area contributed by atoms with Crippen molar-refractivity contribution in [2.75, 3.05) is 13.2 Å². The zero-order valence-corrected chi connectivity index (χ0v) is 8.98. The second-order valence-electron chi connectivity index (χ2n) is 4.50. The van der Waals surface area contributed by atoms with E-state index in [0.29, 0.717) is 13.2 Å². The molecule has 1 saturated carbocycles. The summed E-state index contributed by atoms with van der Waals surface area (Å²) in [5, 5.41) is 0. The fourth-order valence-electron chi connectivity index (χ4n) is 2.25. The fraction of sp³-hybridized carbons (Fsp3) is 0.909. The summed E-state index contributed by atoms with van der Waals surface area (Å²) < 4.78 is 10.6. The van der Waals surface area contributed by atoms with Crippen LogP contribution in [0, 0.1) is 5.92 Å². The van der Waals surface area contributed by atoms with Crippen LogP contribution in [0.25, 0.3) is 0 Å². The number of ether oxygens (including phenoxy) is 2. The fourth-order valence-corrected chi connectivity index (χ4v) is 2.25. The van der Waals surface area contributed by atoms with E-state index in [-0.39, 0.29) is 24.0 Å². The third-order valence-corrected chi connectivity index (χ3v) is 3.26. The first-order valence-electron chi connectivity index (χ1n) is 5.81. The molecule has 0 aromatic carbocycles. The number of hydrogen-bond donors (Lipinski definition) is 1. The van der Waals surface area contributed by atoms with Crippen molar-refractivity contribution < 1.29 is 14.3 Å². The number of rotatable bonds is 2. The van der Waals surface area contributed by atoms with Gasteiger partial charge in [-0.15, -0.1) is 0 Å². The Morgan fingerprint density at radius 2 is 1.93 bits per heavy atom. The Morgan fingerprint density at radius 3 is 2.53 bits per heavy atom. The Kier molecular flexibility index (Phi) is 3.59. The van der Waals surface area contributed by atoms with E-state index in [0.717, 1.165) is 12.8 Å². The number of nitrogens with two attached hydrogens (primary N) is 1. The van der Waals surface area contributed by atoms with Crippen LogP contribution in [0.2, 0.25) is 0 Å². The maximum absolute atomic E-state index is 11.7. The van der Waals surface area contributed by atoms with Crippen molar-refractivity contribution >= 4 is 5.97 Å². The lowest BCUT2D eigenvalue weighted by molar-refractivity contribution is -0.155. The monoisotopic (exact) mass is 213 g/mol. The summed E-state index contributed by atoms with van der Waals surface area (Å²) >= 11 is 0. The molecule has 1 aliphatic carbocycles. The number of esters is 1. The summed E-state index contributed by atoms with van der Waals surface area (Å²) in [5.74, 6) is -0.404. The molecule has 2 aliphatic rings. The highest BCUT2D eigenvalue weighted by atomic mass is 16.5. The van der Waals surface area contributed by atoms with Crippen molar-refractivity contribution in [1.29, 1.82) is 0 Å². The zero-order valence-electron chi connectivity index (χ0n) is 8.98. The summed E-state index contributed by atoms with van der Waals surface area (Å²) in [5.41, 5.74) is 5.76. The lowest BCUT2D eigenvalue weighted by atomic mass is 9.97. The molecule has 0 spiro atoms. The van der Waals surface area contributed by atoms with Gasteiger partial charge in [-0.3, -0.25) is 4.79 Å². The molecule has 0 bridgehead atoms. The number of hydrogen-bond acceptors (Lipinski definition) is 4. The molecule has 4 heteroatoms. The molecule has 2 rings (SSSR count). The normalized spacial score (nSPS) is 32.9. The Bertz CT molecular complexity index is 226. The molecular formula is C11H19NO3. The van der Waals surface area contributed by atoms with Gasteiger partial charge in [0.05, 0.1) is 19.1 Å². The first-order chi connectivity index (χ1) is 7.27. The van der Waals surface area contributed by atoms with E-state index in [4.69, 9.17) is 15.2 Å². The molecule has 0 aromatic heterocycles. The molecule has 1 heterocycles. The highest BCUT2D eigenvalue weighted by Gasteiger charge is 2.34. The Hall–Kier alpha value is -0.610. The van der Waals surface area contributed by atoms with E-state index < -0.39 is 0 Å². The highest BCUT2D eigenvalue weighted by molar-refractivity contribution is 5.74. The van der Waals surface area contributed by atoms with Gasteiger partial charge < -0.3 is 15.2 Å². The van der Waals surface area contributed by atoms with Crippen LogP contribution < -0.4 is 5.73 Å². The van der Waals surface area contributed by atoms with Crippen molar-refractivity contribution in [3.63, 3.8) is 0 Å². The van der Waals surface area contributed by atoms with Crippen molar-refractivity contribution in [1.82, 2.24) is 0 Å². The van der Waals surface area contributed by atoms with Crippen LogP contribution in [0.15, 0.2) is 0 Å². The molecular weight excluding hydrogens is 194 g/mol. The summed E-state index contributed by atoms with van der Waals surface area (Å²) in [6.45, 7) is 0.900. The summed E-state index contributed by atoms with van der Waals surface area (Å²) in [4.78, 5) is 11.7. The highest BCUT2D eigenvalue weighted by Crippen LogP contribution is 2.22. The third kappa shape index (κ3) is 2.69. The average molecular weight is 213 g/mol. The quantitative estimate of drug-likeness (QED) is 0.690. The van der Waals surface area contributed by atoms with Gasteiger partial charge in [0.1, 0.15) is 6.10 Å². The van der Waals surface area contributed by atoms with Crippen LogP contribution >= 0.6 is 0 Å². The van der Waals surface area contributed by atoms with Gasteiger partial charge in [0.15, 0.2) is 0 Å². The molecule has 2 unspecified atom stereocenters. The van der Waals surface area contributed by atoms with E-state index in [9.17, 15) is 4.79 Å². The molecule has 2 fully saturated rings. The van der Waals surface area contributed by atoms with E-state index >= 15 is 0 Å². The molecule has 2 atom stereocenters. The van der Waals surface area contributed by atoms with Gasteiger partial charge in [-0.1, -0.05) is 6.42 Å². The van der Waals surface area contributed by atoms with E-state index in [2.05, 4.69) is 0 Å². The zero-order chi connectivity index (χ0) is 10.7. The van der Waals surface area contributed by atoms with Gasteiger partial charge in [-0.05, 0) is 25.7 Å². The van der Waals surface area contributed by atoms with Gasteiger partial charge in [-0.2, -0.15) is 0 Å². The minimum Gasteiger partial charge on any atom is -0.462 e. The molecule has 0 amide bonds. The first-order valence-corrected chi connectivity index (χ1v) is 5.81. The molecule has 0 aromatic rings. The molecule has 86 valence electrons. The Balaban J connectivity index is 1.80.